The van der Waals surface area contributed by atoms with Gasteiger partial charge in [0.05, 0.1) is 6.61 Å². The predicted octanol–water partition coefficient (Wildman–Crippen LogP) is 4.69. The van der Waals surface area contributed by atoms with E-state index in [4.69, 9.17) is 9.47 Å². The third kappa shape index (κ3) is 6.87. The molecule has 0 radical (unpaired) electrons. The summed E-state index contributed by atoms with van der Waals surface area (Å²) in [6, 6.07) is 0. The molecule has 0 bridgehead atoms. The SMILES string of the molecule is CCCCCC(C)OC(=O)OCC1CCCCC1. The fourth-order valence-corrected chi connectivity index (χ4v) is 2.48. The lowest BCUT2D eigenvalue weighted by atomic mass is 9.90. The second-order valence-corrected chi connectivity index (χ2v) is 5.49. The molecule has 1 rings (SSSR count). The van der Waals surface area contributed by atoms with E-state index in [0.717, 1.165) is 12.8 Å². The lowest BCUT2D eigenvalue weighted by molar-refractivity contribution is 0.0145. The summed E-state index contributed by atoms with van der Waals surface area (Å²) in [5.74, 6) is 0.557. The summed E-state index contributed by atoms with van der Waals surface area (Å²) in [5.41, 5.74) is 0. The molecule has 18 heavy (non-hydrogen) atoms. The molecule has 3 heteroatoms. The maximum atomic E-state index is 11.5. The average Bonchev–Trinajstić information content (AvgIpc) is 2.38. The summed E-state index contributed by atoms with van der Waals surface area (Å²) in [6.07, 6.45) is 10.2. The second kappa shape index (κ2) is 9.23. The van der Waals surface area contributed by atoms with Crippen molar-refractivity contribution in [2.45, 2.75) is 77.7 Å². The van der Waals surface area contributed by atoms with E-state index in [1.54, 1.807) is 0 Å². The quantitative estimate of drug-likeness (QED) is 0.489. The Morgan fingerprint density at radius 3 is 2.61 bits per heavy atom. The zero-order chi connectivity index (χ0) is 13.2. The van der Waals surface area contributed by atoms with Crippen molar-refractivity contribution in [2.75, 3.05) is 6.61 Å². The van der Waals surface area contributed by atoms with E-state index in [1.807, 2.05) is 6.92 Å². The van der Waals surface area contributed by atoms with Gasteiger partial charge in [-0.1, -0.05) is 39.0 Å². The van der Waals surface area contributed by atoms with Crippen LogP contribution in [0.15, 0.2) is 0 Å². The van der Waals surface area contributed by atoms with Crippen molar-refractivity contribution in [1.82, 2.24) is 0 Å². The van der Waals surface area contributed by atoms with Gasteiger partial charge in [0, 0.05) is 0 Å². The van der Waals surface area contributed by atoms with Crippen molar-refractivity contribution < 1.29 is 14.3 Å². The largest absolute Gasteiger partial charge is 0.508 e. The molecule has 0 heterocycles. The first-order valence-electron chi connectivity index (χ1n) is 7.55. The van der Waals surface area contributed by atoms with Crippen LogP contribution in [-0.2, 0) is 9.47 Å². The van der Waals surface area contributed by atoms with Gasteiger partial charge in [-0.25, -0.2) is 4.79 Å². The summed E-state index contributed by atoms with van der Waals surface area (Å²) in [7, 11) is 0. The standard InChI is InChI=1S/C15H28O3/c1-3-4-6-9-13(2)18-15(16)17-12-14-10-7-5-8-11-14/h13-14H,3-12H2,1-2H3. The van der Waals surface area contributed by atoms with Gasteiger partial charge in [0.2, 0.25) is 0 Å². The van der Waals surface area contributed by atoms with Crippen LogP contribution in [0.1, 0.15) is 71.6 Å². The van der Waals surface area contributed by atoms with Gasteiger partial charge in [-0.3, -0.25) is 0 Å². The normalized spacial score (nSPS) is 18.3. The summed E-state index contributed by atoms with van der Waals surface area (Å²) in [5, 5.41) is 0. The fourth-order valence-electron chi connectivity index (χ4n) is 2.48. The Morgan fingerprint density at radius 1 is 1.22 bits per heavy atom. The van der Waals surface area contributed by atoms with Crippen LogP contribution in [0.5, 0.6) is 0 Å². The van der Waals surface area contributed by atoms with Gasteiger partial charge in [-0.2, -0.15) is 0 Å². The Bertz CT molecular complexity index is 222. The molecular formula is C15H28O3. The Hall–Kier alpha value is -0.730. The van der Waals surface area contributed by atoms with Crippen molar-refractivity contribution in [1.29, 1.82) is 0 Å². The topological polar surface area (TPSA) is 35.5 Å². The minimum Gasteiger partial charge on any atom is -0.434 e. The molecular weight excluding hydrogens is 228 g/mol. The maximum absolute atomic E-state index is 11.5. The summed E-state index contributed by atoms with van der Waals surface area (Å²) in [6.45, 7) is 4.65. The van der Waals surface area contributed by atoms with Crippen molar-refractivity contribution in [3.63, 3.8) is 0 Å². The highest BCUT2D eigenvalue weighted by Gasteiger charge is 2.17. The second-order valence-electron chi connectivity index (χ2n) is 5.49. The smallest absolute Gasteiger partial charge is 0.434 e. The van der Waals surface area contributed by atoms with Gasteiger partial charge in [0.15, 0.2) is 0 Å². The summed E-state index contributed by atoms with van der Waals surface area (Å²) >= 11 is 0. The number of ether oxygens (including phenoxy) is 2. The van der Waals surface area contributed by atoms with Crippen LogP contribution in [0.25, 0.3) is 0 Å². The highest BCUT2D eigenvalue weighted by molar-refractivity contribution is 5.60. The highest BCUT2D eigenvalue weighted by atomic mass is 16.7. The highest BCUT2D eigenvalue weighted by Crippen LogP contribution is 2.23. The summed E-state index contributed by atoms with van der Waals surface area (Å²) in [4.78, 5) is 11.5. The minimum atomic E-state index is -0.482. The van der Waals surface area contributed by atoms with Gasteiger partial charge >= 0.3 is 6.16 Å². The zero-order valence-corrected chi connectivity index (χ0v) is 12.0. The Labute approximate surface area is 111 Å². The van der Waals surface area contributed by atoms with Crippen LogP contribution in [0, 0.1) is 5.92 Å². The first-order valence-corrected chi connectivity index (χ1v) is 7.55. The average molecular weight is 256 g/mol. The Kier molecular flexibility index (Phi) is 7.86. The van der Waals surface area contributed by atoms with E-state index < -0.39 is 6.16 Å². The van der Waals surface area contributed by atoms with Crippen molar-refractivity contribution in [3.05, 3.63) is 0 Å². The molecule has 1 unspecified atom stereocenters. The number of carbonyl (C=O) groups excluding carboxylic acids is 1. The first-order chi connectivity index (χ1) is 8.72. The predicted molar refractivity (Wildman–Crippen MR) is 72.6 cm³/mol. The Morgan fingerprint density at radius 2 is 1.94 bits per heavy atom. The molecule has 0 amide bonds. The molecule has 0 spiro atoms. The molecule has 1 atom stereocenters. The molecule has 3 nitrogen and oxygen atoms in total. The molecule has 1 fully saturated rings. The number of hydrogen-bond donors (Lipinski definition) is 0. The van der Waals surface area contributed by atoms with Crippen LogP contribution in [0.2, 0.25) is 0 Å². The van der Waals surface area contributed by atoms with Crippen LogP contribution >= 0.6 is 0 Å². The first kappa shape index (κ1) is 15.3. The van der Waals surface area contributed by atoms with Crippen LogP contribution in [-0.4, -0.2) is 18.9 Å². The molecule has 106 valence electrons. The van der Waals surface area contributed by atoms with Gasteiger partial charge in [-0.15, -0.1) is 0 Å². The molecule has 1 saturated carbocycles. The van der Waals surface area contributed by atoms with Crippen molar-refractivity contribution in [2.24, 2.45) is 5.92 Å². The van der Waals surface area contributed by atoms with E-state index in [9.17, 15) is 4.79 Å². The molecule has 0 N–H and O–H groups in total. The van der Waals surface area contributed by atoms with Gasteiger partial charge < -0.3 is 9.47 Å². The molecule has 0 saturated heterocycles. The Balaban J connectivity index is 2.05. The maximum Gasteiger partial charge on any atom is 0.508 e. The van der Waals surface area contributed by atoms with E-state index >= 15 is 0 Å². The van der Waals surface area contributed by atoms with Gasteiger partial charge in [-0.05, 0) is 38.5 Å². The molecule has 1 aliphatic rings. The number of unbranched alkanes of at least 4 members (excludes halogenated alkanes) is 2. The van der Waals surface area contributed by atoms with Crippen LogP contribution in [0.3, 0.4) is 0 Å². The van der Waals surface area contributed by atoms with Crippen LogP contribution < -0.4 is 0 Å². The number of rotatable bonds is 7. The summed E-state index contributed by atoms with van der Waals surface area (Å²) < 4.78 is 10.4. The van der Waals surface area contributed by atoms with Crippen LogP contribution in [0.4, 0.5) is 4.79 Å². The third-order valence-corrected chi connectivity index (χ3v) is 3.67. The zero-order valence-electron chi connectivity index (χ0n) is 12.0. The molecule has 1 aliphatic carbocycles. The lowest BCUT2D eigenvalue weighted by Crippen LogP contribution is -2.20. The third-order valence-electron chi connectivity index (χ3n) is 3.67. The molecule has 0 aliphatic heterocycles. The van der Waals surface area contributed by atoms with Crippen molar-refractivity contribution >= 4 is 6.16 Å². The molecule has 0 aromatic heterocycles. The van der Waals surface area contributed by atoms with Crippen molar-refractivity contribution in [3.8, 4) is 0 Å². The van der Waals surface area contributed by atoms with Gasteiger partial charge in [0.25, 0.3) is 0 Å². The van der Waals surface area contributed by atoms with E-state index in [0.29, 0.717) is 12.5 Å². The number of hydrogen-bond acceptors (Lipinski definition) is 3. The van der Waals surface area contributed by atoms with Gasteiger partial charge in [0.1, 0.15) is 6.10 Å². The minimum absolute atomic E-state index is 0.0181. The van der Waals surface area contributed by atoms with E-state index in [1.165, 1.54) is 44.9 Å². The van der Waals surface area contributed by atoms with E-state index in [2.05, 4.69) is 6.92 Å². The monoisotopic (exact) mass is 256 g/mol. The molecule has 0 aromatic rings. The molecule has 0 aromatic carbocycles. The lowest BCUT2D eigenvalue weighted by Gasteiger charge is -2.21. The fraction of sp³-hybridized carbons (Fsp3) is 0.933. The number of carbonyl (C=O) groups is 1. The van der Waals surface area contributed by atoms with E-state index in [-0.39, 0.29) is 6.10 Å².